The Hall–Kier alpha value is -2.31. The largest absolute Gasteiger partial charge is 0.481 e. The average molecular weight is 283 g/mol. The molecule has 0 spiro atoms. The summed E-state index contributed by atoms with van der Waals surface area (Å²) >= 11 is 0. The molecule has 0 aliphatic carbocycles. The molecule has 0 aromatic carbocycles. The van der Waals surface area contributed by atoms with Gasteiger partial charge in [0.15, 0.2) is 0 Å². The molecule has 0 atom stereocenters. The van der Waals surface area contributed by atoms with Crippen molar-refractivity contribution in [1.82, 2.24) is 4.98 Å². The van der Waals surface area contributed by atoms with E-state index < -0.39 is 11.9 Å². The van der Waals surface area contributed by atoms with Crippen LogP contribution in [-0.2, 0) is 9.59 Å². The van der Waals surface area contributed by atoms with Gasteiger partial charge in [0.2, 0.25) is 11.8 Å². The van der Waals surface area contributed by atoms with Crippen molar-refractivity contribution in [2.75, 3.05) is 13.2 Å². The highest BCUT2D eigenvalue weighted by Crippen LogP contribution is 2.14. The smallest absolute Gasteiger partial charge is 0.303 e. The molecule has 0 saturated carbocycles. The van der Waals surface area contributed by atoms with Crippen LogP contribution >= 0.6 is 0 Å². The van der Waals surface area contributed by atoms with Gasteiger partial charge in [0.05, 0.1) is 13.2 Å². The first-order chi connectivity index (χ1) is 9.58. The summed E-state index contributed by atoms with van der Waals surface area (Å²) in [7, 11) is 0. The van der Waals surface area contributed by atoms with Crippen molar-refractivity contribution < 1.29 is 29.3 Å². The van der Waals surface area contributed by atoms with Crippen LogP contribution in [0.1, 0.15) is 25.7 Å². The molecule has 0 aliphatic heterocycles. The van der Waals surface area contributed by atoms with E-state index >= 15 is 0 Å². The number of carboxylic acid groups (broad SMARTS) is 2. The lowest BCUT2D eigenvalue weighted by Crippen LogP contribution is -2.05. The minimum Gasteiger partial charge on any atom is -0.481 e. The first kappa shape index (κ1) is 15.7. The molecule has 0 aliphatic rings. The third-order valence-electron chi connectivity index (χ3n) is 2.27. The fourth-order valence-corrected chi connectivity index (χ4v) is 1.36. The maximum atomic E-state index is 10.3. The summed E-state index contributed by atoms with van der Waals surface area (Å²) in [6, 6.07) is 4.99. The molecule has 20 heavy (non-hydrogen) atoms. The fraction of sp³-hybridized carbons (Fsp3) is 0.462. The van der Waals surface area contributed by atoms with Gasteiger partial charge in [-0.1, -0.05) is 6.07 Å². The molecule has 1 rings (SSSR count). The zero-order valence-corrected chi connectivity index (χ0v) is 10.9. The molecular formula is C13H17NO6. The van der Waals surface area contributed by atoms with Crippen LogP contribution in [0.15, 0.2) is 18.2 Å². The number of ether oxygens (including phenoxy) is 2. The van der Waals surface area contributed by atoms with Gasteiger partial charge in [-0.05, 0) is 12.8 Å². The van der Waals surface area contributed by atoms with Gasteiger partial charge in [0.25, 0.3) is 0 Å². The summed E-state index contributed by atoms with van der Waals surface area (Å²) in [6.45, 7) is 0.531. The van der Waals surface area contributed by atoms with Crippen molar-refractivity contribution in [2.24, 2.45) is 0 Å². The van der Waals surface area contributed by atoms with E-state index in [4.69, 9.17) is 19.7 Å². The van der Waals surface area contributed by atoms with Crippen molar-refractivity contribution in [3.8, 4) is 11.8 Å². The molecule has 0 amide bonds. The van der Waals surface area contributed by atoms with Crippen LogP contribution in [0.3, 0.4) is 0 Å². The second kappa shape index (κ2) is 8.73. The first-order valence-corrected chi connectivity index (χ1v) is 6.24. The SMILES string of the molecule is O=C(O)CCCOc1cccc(OCCCC(=O)O)n1. The van der Waals surface area contributed by atoms with E-state index in [0.29, 0.717) is 24.6 Å². The Morgan fingerprint density at radius 1 is 0.950 bits per heavy atom. The predicted molar refractivity (Wildman–Crippen MR) is 69.0 cm³/mol. The van der Waals surface area contributed by atoms with Crippen LogP contribution in [-0.4, -0.2) is 40.3 Å². The standard InChI is InChI=1S/C13H17NO6/c15-12(16)6-2-8-19-10-4-1-5-11(14-10)20-9-3-7-13(17)18/h1,4-5H,2-3,6-9H2,(H,15,16)(H,17,18). The Labute approximate surface area is 116 Å². The Morgan fingerprint density at radius 3 is 1.80 bits per heavy atom. The second-order valence-corrected chi connectivity index (χ2v) is 4.01. The lowest BCUT2D eigenvalue weighted by molar-refractivity contribution is -0.138. The van der Waals surface area contributed by atoms with Crippen LogP contribution < -0.4 is 9.47 Å². The number of pyridine rings is 1. The van der Waals surface area contributed by atoms with Gasteiger partial charge in [-0.25, -0.2) is 0 Å². The number of nitrogens with zero attached hydrogens (tertiary/aromatic N) is 1. The van der Waals surface area contributed by atoms with Crippen molar-refractivity contribution in [3.63, 3.8) is 0 Å². The van der Waals surface area contributed by atoms with E-state index in [1.54, 1.807) is 18.2 Å². The molecule has 2 N–H and O–H groups in total. The second-order valence-electron chi connectivity index (χ2n) is 4.01. The molecule has 7 heteroatoms. The quantitative estimate of drug-likeness (QED) is 0.628. The fourth-order valence-electron chi connectivity index (χ4n) is 1.36. The van der Waals surface area contributed by atoms with Crippen molar-refractivity contribution in [3.05, 3.63) is 18.2 Å². The molecule has 0 fully saturated rings. The lowest BCUT2D eigenvalue weighted by Gasteiger charge is -2.07. The number of hydrogen-bond acceptors (Lipinski definition) is 5. The topological polar surface area (TPSA) is 106 Å². The molecular weight excluding hydrogens is 266 g/mol. The van der Waals surface area contributed by atoms with E-state index in [2.05, 4.69) is 4.98 Å². The summed E-state index contributed by atoms with van der Waals surface area (Å²) in [4.78, 5) is 24.7. The predicted octanol–water partition coefficient (Wildman–Crippen LogP) is 1.57. The highest BCUT2D eigenvalue weighted by atomic mass is 16.5. The molecule has 1 aromatic heterocycles. The van der Waals surface area contributed by atoms with Crippen LogP contribution in [0.4, 0.5) is 0 Å². The summed E-state index contributed by atoms with van der Waals surface area (Å²) in [5, 5.41) is 17.0. The monoisotopic (exact) mass is 283 g/mol. The van der Waals surface area contributed by atoms with Gasteiger partial charge in [-0.3, -0.25) is 9.59 Å². The Morgan fingerprint density at radius 2 is 1.40 bits per heavy atom. The number of rotatable bonds is 10. The van der Waals surface area contributed by atoms with Crippen LogP contribution in [0, 0.1) is 0 Å². The Balaban J connectivity index is 2.29. The number of carbonyl (C=O) groups is 2. The molecule has 110 valence electrons. The Kier molecular flexibility index (Phi) is 6.88. The number of aromatic nitrogens is 1. The zero-order chi connectivity index (χ0) is 14.8. The normalized spacial score (nSPS) is 10.0. The molecule has 0 unspecified atom stereocenters. The maximum absolute atomic E-state index is 10.3. The van der Waals surface area contributed by atoms with Gasteiger partial charge >= 0.3 is 11.9 Å². The molecule has 1 aromatic rings. The molecule has 0 radical (unpaired) electrons. The molecule has 0 saturated heterocycles. The summed E-state index contributed by atoms with van der Waals surface area (Å²) in [6.07, 6.45) is 0.901. The minimum atomic E-state index is -0.864. The molecule has 0 bridgehead atoms. The minimum absolute atomic E-state index is 0.0470. The molecule has 1 heterocycles. The van der Waals surface area contributed by atoms with E-state index in [0.717, 1.165) is 0 Å². The summed E-state index contributed by atoms with van der Waals surface area (Å²) < 4.78 is 10.6. The number of hydrogen-bond donors (Lipinski definition) is 2. The van der Waals surface area contributed by atoms with Gasteiger partial charge in [0.1, 0.15) is 0 Å². The van der Waals surface area contributed by atoms with E-state index in [1.165, 1.54) is 0 Å². The van der Waals surface area contributed by atoms with E-state index in [1.807, 2.05) is 0 Å². The summed E-state index contributed by atoms with van der Waals surface area (Å²) in [5.41, 5.74) is 0. The first-order valence-electron chi connectivity index (χ1n) is 6.24. The number of carboxylic acids is 2. The van der Waals surface area contributed by atoms with Crippen molar-refractivity contribution >= 4 is 11.9 Å². The van der Waals surface area contributed by atoms with Gasteiger partial charge in [0, 0.05) is 25.0 Å². The summed E-state index contributed by atoms with van der Waals surface area (Å²) in [5.74, 6) is -1.02. The highest BCUT2D eigenvalue weighted by molar-refractivity contribution is 5.66. The van der Waals surface area contributed by atoms with Crippen molar-refractivity contribution in [2.45, 2.75) is 25.7 Å². The highest BCUT2D eigenvalue weighted by Gasteiger charge is 2.02. The number of aliphatic carboxylic acids is 2. The van der Waals surface area contributed by atoms with E-state index in [-0.39, 0.29) is 26.1 Å². The van der Waals surface area contributed by atoms with Crippen LogP contribution in [0.2, 0.25) is 0 Å². The van der Waals surface area contributed by atoms with E-state index in [9.17, 15) is 9.59 Å². The maximum Gasteiger partial charge on any atom is 0.303 e. The zero-order valence-electron chi connectivity index (χ0n) is 10.9. The Bertz CT molecular complexity index is 411. The van der Waals surface area contributed by atoms with Gasteiger partial charge in [-0.15, -0.1) is 0 Å². The van der Waals surface area contributed by atoms with Gasteiger partial charge in [-0.2, -0.15) is 4.98 Å². The lowest BCUT2D eigenvalue weighted by atomic mass is 10.3. The van der Waals surface area contributed by atoms with Crippen molar-refractivity contribution in [1.29, 1.82) is 0 Å². The third-order valence-corrected chi connectivity index (χ3v) is 2.27. The van der Waals surface area contributed by atoms with Gasteiger partial charge < -0.3 is 19.7 Å². The third kappa shape index (κ3) is 7.20. The average Bonchev–Trinajstić information content (AvgIpc) is 2.40. The molecule has 7 nitrogen and oxygen atoms in total. The van der Waals surface area contributed by atoms with Crippen LogP contribution in [0.5, 0.6) is 11.8 Å². The van der Waals surface area contributed by atoms with Crippen LogP contribution in [0.25, 0.3) is 0 Å².